The van der Waals surface area contributed by atoms with Gasteiger partial charge >= 0.3 is 0 Å². The number of nitrogens with one attached hydrogen (secondary N) is 2. The maximum atomic E-state index is 13.8. The summed E-state index contributed by atoms with van der Waals surface area (Å²) in [6.45, 7) is 1.65. The molecule has 3 aromatic carbocycles. The lowest BCUT2D eigenvalue weighted by molar-refractivity contribution is 0.0765. The van der Waals surface area contributed by atoms with Gasteiger partial charge in [-0.25, -0.2) is 8.78 Å². The highest BCUT2D eigenvalue weighted by Gasteiger charge is 2.25. The Kier molecular flexibility index (Phi) is 9.74. The highest BCUT2D eigenvalue weighted by atomic mass is 19.1. The molecule has 1 aliphatic carbocycles. The zero-order valence-corrected chi connectivity index (χ0v) is 24.7. The van der Waals surface area contributed by atoms with Crippen molar-refractivity contribution in [1.82, 2.24) is 10.2 Å². The van der Waals surface area contributed by atoms with Gasteiger partial charge in [-0.3, -0.25) is 14.4 Å². The molecule has 9 nitrogen and oxygen atoms in total. The number of anilines is 2. The van der Waals surface area contributed by atoms with Gasteiger partial charge in [0, 0.05) is 61.0 Å². The first-order valence-electron chi connectivity index (χ1n) is 14.9. The van der Waals surface area contributed by atoms with E-state index in [2.05, 4.69) is 10.6 Å². The lowest BCUT2D eigenvalue weighted by Crippen LogP contribution is -2.40. The summed E-state index contributed by atoms with van der Waals surface area (Å²) in [5.41, 5.74) is 7.90. The molecule has 0 unspecified atom stereocenters. The van der Waals surface area contributed by atoms with Crippen molar-refractivity contribution < 1.29 is 27.9 Å². The number of ether oxygens (including phenoxy) is 1. The maximum Gasteiger partial charge on any atom is 0.255 e. The van der Waals surface area contributed by atoms with Gasteiger partial charge in [0.15, 0.2) is 0 Å². The summed E-state index contributed by atoms with van der Waals surface area (Å²) in [6, 6.07) is 15.0. The Bertz CT molecular complexity index is 1510. The van der Waals surface area contributed by atoms with E-state index in [1.54, 1.807) is 47.4 Å². The summed E-state index contributed by atoms with van der Waals surface area (Å²) < 4.78 is 32.8. The molecule has 3 aromatic rings. The van der Waals surface area contributed by atoms with E-state index in [0.29, 0.717) is 60.9 Å². The molecule has 0 aromatic heterocycles. The summed E-state index contributed by atoms with van der Waals surface area (Å²) in [4.78, 5) is 43.3. The predicted molar refractivity (Wildman–Crippen MR) is 164 cm³/mol. The zero-order valence-electron chi connectivity index (χ0n) is 24.7. The fourth-order valence-electron chi connectivity index (χ4n) is 5.77. The van der Waals surface area contributed by atoms with Crippen molar-refractivity contribution in [1.29, 1.82) is 0 Å². The van der Waals surface area contributed by atoms with Crippen LogP contribution in [0.1, 0.15) is 63.2 Å². The minimum atomic E-state index is -0.808. The molecule has 0 radical (unpaired) electrons. The van der Waals surface area contributed by atoms with Crippen molar-refractivity contribution in [2.45, 2.75) is 44.2 Å². The first-order valence-corrected chi connectivity index (χ1v) is 14.9. The largest absolute Gasteiger partial charge is 0.497 e. The Labute approximate surface area is 255 Å². The molecule has 44 heavy (non-hydrogen) atoms. The molecule has 4 N–H and O–H groups in total. The van der Waals surface area contributed by atoms with Gasteiger partial charge in [0.25, 0.3) is 17.7 Å². The minimum Gasteiger partial charge on any atom is -0.497 e. The van der Waals surface area contributed by atoms with Gasteiger partial charge < -0.3 is 30.9 Å². The highest BCUT2D eigenvalue weighted by Crippen LogP contribution is 2.30. The van der Waals surface area contributed by atoms with Crippen LogP contribution in [-0.4, -0.2) is 68.0 Å². The van der Waals surface area contributed by atoms with Crippen LogP contribution in [0, 0.1) is 11.6 Å². The zero-order chi connectivity index (χ0) is 31.2. The number of amides is 3. The average molecular weight is 606 g/mol. The van der Waals surface area contributed by atoms with Crippen LogP contribution in [0.2, 0.25) is 0 Å². The van der Waals surface area contributed by atoms with E-state index in [1.165, 1.54) is 7.11 Å². The van der Waals surface area contributed by atoms with E-state index in [1.807, 2.05) is 4.90 Å². The van der Waals surface area contributed by atoms with E-state index in [0.717, 1.165) is 43.9 Å². The molecule has 0 spiro atoms. The van der Waals surface area contributed by atoms with Crippen LogP contribution in [0.5, 0.6) is 5.75 Å². The second-order valence-corrected chi connectivity index (χ2v) is 11.3. The molecule has 0 atom stereocenters. The monoisotopic (exact) mass is 605 g/mol. The molecule has 2 aliphatic rings. The normalized spacial score (nSPS) is 18.7. The Balaban J connectivity index is 1.37. The lowest BCUT2D eigenvalue weighted by Gasteiger charge is -2.28. The summed E-state index contributed by atoms with van der Waals surface area (Å²) in [6.07, 6.45) is 3.92. The lowest BCUT2D eigenvalue weighted by atomic mass is 9.91. The minimum absolute atomic E-state index is 0.0393. The van der Waals surface area contributed by atoms with E-state index in [9.17, 15) is 23.2 Å². The fourth-order valence-corrected chi connectivity index (χ4v) is 5.77. The molecule has 232 valence electrons. The molecule has 5 rings (SSSR count). The Morgan fingerprint density at radius 2 is 1.55 bits per heavy atom. The summed E-state index contributed by atoms with van der Waals surface area (Å²) in [5, 5.41) is 6.08. The van der Waals surface area contributed by atoms with Gasteiger partial charge in [0.05, 0.1) is 18.5 Å². The van der Waals surface area contributed by atoms with Gasteiger partial charge in [-0.15, -0.1) is 0 Å². The molecule has 1 heterocycles. The van der Waals surface area contributed by atoms with E-state index in [4.69, 9.17) is 10.5 Å². The molecule has 0 bridgehead atoms. The number of methoxy groups -OCH3 is 1. The van der Waals surface area contributed by atoms with Gasteiger partial charge in [0.1, 0.15) is 17.4 Å². The van der Waals surface area contributed by atoms with Gasteiger partial charge in [-0.1, -0.05) is 6.07 Å². The van der Waals surface area contributed by atoms with Crippen LogP contribution < -0.4 is 26.0 Å². The first kappa shape index (κ1) is 30.9. The fraction of sp³-hybridized carbons (Fsp3) is 0.364. The number of hydrogen-bond acceptors (Lipinski definition) is 6. The van der Waals surface area contributed by atoms with Crippen LogP contribution in [0.15, 0.2) is 60.7 Å². The Morgan fingerprint density at radius 1 is 0.818 bits per heavy atom. The number of benzene rings is 3. The number of nitrogens with two attached hydrogens (primary N) is 1. The topological polar surface area (TPSA) is 117 Å². The molecule has 3 amide bonds. The smallest absolute Gasteiger partial charge is 0.255 e. The predicted octanol–water partition coefficient (Wildman–Crippen LogP) is 4.58. The van der Waals surface area contributed by atoms with Crippen molar-refractivity contribution in [3.63, 3.8) is 0 Å². The van der Waals surface area contributed by atoms with Gasteiger partial charge in [-0.2, -0.15) is 0 Å². The van der Waals surface area contributed by atoms with Crippen LogP contribution in [-0.2, 0) is 0 Å². The molecule has 1 aliphatic heterocycles. The first-order chi connectivity index (χ1) is 21.2. The maximum absolute atomic E-state index is 13.8. The Morgan fingerprint density at radius 3 is 2.27 bits per heavy atom. The quantitative estimate of drug-likeness (QED) is 0.363. The van der Waals surface area contributed by atoms with Crippen molar-refractivity contribution in [3.05, 3.63) is 89.0 Å². The van der Waals surface area contributed by atoms with Crippen LogP contribution in [0.4, 0.5) is 20.2 Å². The molecule has 2 fully saturated rings. The van der Waals surface area contributed by atoms with Crippen LogP contribution >= 0.6 is 0 Å². The molecule has 1 saturated heterocycles. The Hall–Kier alpha value is -4.51. The number of halogens is 2. The van der Waals surface area contributed by atoms with Gasteiger partial charge in [0.2, 0.25) is 0 Å². The summed E-state index contributed by atoms with van der Waals surface area (Å²) in [7, 11) is 1.52. The SMILES string of the molecule is COc1cccc(C(=O)Nc2cc(C(=O)NC3CCC(N)CC3)ccc2N2CCCN(C(=O)c3cc(F)cc(F)c3)CC2)c1. The summed E-state index contributed by atoms with van der Waals surface area (Å²) >= 11 is 0. The third-order valence-electron chi connectivity index (χ3n) is 8.18. The van der Waals surface area contributed by atoms with Crippen LogP contribution in [0.3, 0.4) is 0 Å². The van der Waals surface area contributed by atoms with E-state index >= 15 is 0 Å². The molecular formula is C33H37F2N5O4. The third-order valence-corrected chi connectivity index (χ3v) is 8.18. The number of carbonyl (C=O) groups excluding carboxylic acids is 3. The average Bonchev–Trinajstić information content (AvgIpc) is 3.27. The second kappa shape index (κ2) is 13.9. The van der Waals surface area contributed by atoms with Crippen molar-refractivity contribution in [3.8, 4) is 5.75 Å². The van der Waals surface area contributed by atoms with E-state index < -0.39 is 17.5 Å². The standard InChI is InChI=1S/C33H37F2N5O4/c1-44-28-5-2-4-21(18-28)32(42)38-29-19-22(31(41)37-27-9-7-26(36)8-10-27)6-11-30(29)39-12-3-13-40(15-14-39)33(43)23-16-24(34)20-25(35)17-23/h2,4-6,11,16-20,26-27H,3,7-10,12-15,36H2,1H3,(H,37,41)(H,38,42). The van der Waals surface area contributed by atoms with E-state index in [-0.39, 0.29) is 29.5 Å². The van der Waals surface area contributed by atoms with Crippen molar-refractivity contribution >= 4 is 29.1 Å². The van der Waals surface area contributed by atoms with Gasteiger partial charge in [-0.05, 0) is 80.6 Å². The van der Waals surface area contributed by atoms with Crippen LogP contribution in [0.25, 0.3) is 0 Å². The second-order valence-electron chi connectivity index (χ2n) is 11.3. The third kappa shape index (κ3) is 7.52. The molecule has 1 saturated carbocycles. The number of nitrogens with zero attached hydrogens (tertiary/aromatic N) is 2. The van der Waals surface area contributed by atoms with Crippen molar-refractivity contribution in [2.75, 3.05) is 43.5 Å². The summed E-state index contributed by atoms with van der Waals surface area (Å²) in [5.74, 6) is -2.14. The number of rotatable bonds is 7. The number of carbonyl (C=O) groups is 3. The molecule has 11 heteroatoms. The highest BCUT2D eigenvalue weighted by molar-refractivity contribution is 6.07. The number of hydrogen-bond donors (Lipinski definition) is 3. The molecular weight excluding hydrogens is 568 g/mol. The van der Waals surface area contributed by atoms with Crippen molar-refractivity contribution in [2.24, 2.45) is 5.73 Å².